The molecule has 0 bridgehead atoms. The van der Waals surface area contributed by atoms with Crippen molar-refractivity contribution in [3.63, 3.8) is 0 Å². The average Bonchev–Trinajstić information content (AvgIpc) is 3.17. The molecule has 47 heavy (non-hydrogen) atoms. The molecular formula is C44H41N3. The van der Waals surface area contributed by atoms with Gasteiger partial charge < -0.3 is 0 Å². The van der Waals surface area contributed by atoms with Crippen LogP contribution in [0.1, 0.15) is 33.3 Å². The Bertz CT molecular complexity index is 1930. The van der Waals surface area contributed by atoms with E-state index >= 15 is 0 Å². The van der Waals surface area contributed by atoms with Gasteiger partial charge in [-0.2, -0.15) is 0 Å². The van der Waals surface area contributed by atoms with E-state index in [0.717, 1.165) is 72.3 Å². The number of benzene rings is 4. The Kier molecular flexibility index (Phi) is 11.2. The minimum Gasteiger partial charge on any atom is -0.264 e. The topological polar surface area (TPSA) is 38.7 Å². The smallest absolute Gasteiger partial charge is 0.0346 e. The molecular weight excluding hydrogens is 571 g/mol. The summed E-state index contributed by atoms with van der Waals surface area (Å²) in [6, 6.07) is 43.4. The second kappa shape index (κ2) is 16.1. The number of hydrogen-bond donors (Lipinski definition) is 0. The third-order valence-electron chi connectivity index (χ3n) is 7.72. The summed E-state index contributed by atoms with van der Waals surface area (Å²) in [7, 11) is 0. The Morgan fingerprint density at radius 1 is 0.298 bits per heavy atom. The van der Waals surface area contributed by atoms with Crippen molar-refractivity contribution in [3.05, 3.63) is 164 Å². The van der Waals surface area contributed by atoms with Crippen LogP contribution in [0.3, 0.4) is 0 Å². The highest BCUT2D eigenvalue weighted by Gasteiger charge is 2.11. The van der Waals surface area contributed by atoms with E-state index < -0.39 is 0 Å². The molecule has 0 spiro atoms. The zero-order valence-electron chi connectivity index (χ0n) is 27.9. The zero-order valence-corrected chi connectivity index (χ0v) is 27.9. The highest BCUT2D eigenvalue weighted by atomic mass is 14.6. The van der Waals surface area contributed by atoms with Crippen LogP contribution in [0.5, 0.6) is 0 Å². The highest BCUT2D eigenvalue weighted by molar-refractivity contribution is 5.85. The normalized spacial score (nSPS) is 10.2. The molecule has 0 amide bonds. The van der Waals surface area contributed by atoms with E-state index in [0.29, 0.717) is 0 Å². The summed E-state index contributed by atoms with van der Waals surface area (Å²) in [6.45, 7) is 10.1. The molecule has 3 heteroatoms. The average molecular weight is 612 g/mol. The second-order valence-electron chi connectivity index (χ2n) is 10.8. The van der Waals surface area contributed by atoms with Gasteiger partial charge in [0.1, 0.15) is 0 Å². The Hall–Kier alpha value is -5.67. The number of pyridine rings is 3. The molecule has 3 heterocycles. The van der Waals surface area contributed by atoms with E-state index in [1.54, 1.807) is 0 Å². The number of hydrogen-bond acceptors (Lipinski definition) is 3. The molecule has 0 saturated heterocycles. The van der Waals surface area contributed by atoms with E-state index in [2.05, 4.69) is 131 Å². The second-order valence-corrected chi connectivity index (χ2v) is 10.8. The van der Waals surface area contributed by atoms with Gasteiger partial charge >= 0.3 is 0 Å². The molecule has 0 atom stereocenters. The largest absolute Gasteiger partial charge is 0.264 e. The standard InChI is InChI=1S/C40H29N3.2C2H6/c1-28-17-40(27-43-24-28)34-12-4-11-33(20-34)39-22-37(31-9-2-7-29(18-31)35-13-5-15-41-25-35)21-38(23-39)32-10-3-8-30(19-32)36-14-6-16-42-26-36;2*1-2/h2-27H,1H3;2*1-2H3. The fourth-order valence-electron chi connectivity index (χ4n) is 5.54. The molecule has 0 saturated carbocycles. The maximum absolute atomic E-state index is 4.43. The van der Waals surface area contributed by atoms with Crippen molar-refractivity contribution in [1.82, 2.24) is 15.0 Å². The van der Waals surface area contributed by atoms with Gasteiger partial charge in [0.05, 0.1) is 0 Å². The third-order valence-corrected chi connectivity index (χ3v) is 7.72. The molecule has 0 aliphatic rings. The van der Waals surface area contributed by atoms with Gasteiger partial charge in [0, 0.05) is 53.9 Å². The SMILES string of the molecule is CC.CC.Cc1cncc(-c2cccc(-c3cc(-c4cccc(-c5cccnc5)c4)cc(-c4cccc(-c5cccnc5)c4)c3)c2)c1. The van der Waals surface area contributed by atoms with Gasteiger partial charge in [-0.15, -0.1) is 0 Å². The van der Waals surface area contributed by atoms with Crippen LogP contribution in [-0.2, 0) is 0 Å². The Balaban J connectivity index is 0.00000105. The van der Waals surface area contributed by atoms with Gasteiger partial charge in [0.25, 0.3) is 0 Å². The van der Waals surface area contributed by atoms with Crippen LogP contribution in [0.4, 0.5) is 0 Å². The Labute approximate surface area is 279 Å². The van der Waals surface area contributed by atoms with E-state index in [4.69, 9.17) is 0 Å². The first-order chi connectivity index (χ1) is 23.2. The maximum atomic E-state index is 4.43. The molecule has 3 aromatic heterocycles. The van der Waals surface area contributed by atoms with Crippen molar-refractivity contribution in [3.8, 4) is 66.8 Å². The van der Waals surface area contributed by atoms with Crippen molar-refractivity contribution in [1.29, 1.82) is 0 Å². The van der Waals surface area contributed by atoms with Crippen molar-refractivity contribution in [2.75, 3.05) is 0 Å². The summed E-state index contributed by atoms with van der Waals surface area (Å²) in [5, 5.41) is 0. The summed E-state index contributed by atoms with van der Waals surface area (Å²) >= 11 is 0. The van der Waals surface area contributed by atoms with Gasteiger partial charge in [-0.25, -0.2) is 0 Å². The summed E-state index contributed by atoms with van der Waals surface area (Å²) < 4.78 is 0. The lowest BCUT2D eigenvalue weighted by molar-refractivity contribution is 1.27. The number of aromatic nitrogens is 3. The first-order valence-electron chi connectivity index (χ1n) is 16.4. The number of rotatable bonds is 6. The molecule has 0 fully saturated rings. The lowest BCUT2D eigenvalue weighted by atomic mass is 9.90. The monoisotopic (exact) mass is 611 g/mol. The molecule has 4 aromatic carbocycles. The minimum atomic E-state index is 1.10. The molecule has 0 N–H and O–H groups in total. The summed E-state index contributed by atoms with van der Waals surface area (Å²) in [6.07, 6.45) is 11.3. The van der Waals surface area contributed by atoms with Crippen molar-refractivity contribution < 1.29 is 0 Å². The van der Waals surface area contributed by atoms with Crippen LogP contribution in [0.15, 0.2) is 159 Å². The minimum absolute atomic E-state index is 1.10. The molecule has 7 aromatic rings. The predicted molar refractivity (Wildman–Crippen MR) is 200 cm³/mol. The van der Waals surface area contributed by atoms with Crippen LogP contribution in [0, 0.1) is 6.92 Å². The first-order valence-corrected chi connectivity index (χ1v) is 16.4. The molecule has 232 valence electrons. The van der Waals surface area contributed by atoms with Gasteiger partial charge in [-0.3, -0.25) is 15.0 Å². The van der Waals surface area contributed by atoms with Crippen LogP contribution in [0.2, 0.25) is 0 Å². The lowest BCUT2D eigenvalue weighted by Crippen LogP contribution is -1.89. The first kappa shape index (κ1) is 32.7. The van der Waals surface area contributed by atoms with Gasteiger partial charge in [0.2, 0.25) is 0 Å². The van der Waals surface area contributed by atoms with E-state index in [1.165, 1.54) is 0 Å². The quantitative estimate of drug-likeness (QED) is 0.188. The van der Waals surface area contributed by atoms with Crippen molar-refractivity contribution in [2.24, 2.45) is 0 Å². The summed E-state index contributed by atoms with van der Waals surface area (Å²) in [4.78, 5) is 13.1. The molecule has 3 nitrogen and oxygen atoms in total. The van der Waals surface area contributed by atoms with Gasteiger partial charge in [-0.05, 0) is 117 Å². The fourth-order valence-corrected chi connectivity index (χ4v) is 5.54. The zero-order chi connectivity index (χ0) is 33.0. The highest BCUT2D eigenvalue weighted by Crippen LogP contribution is 2.36. The predicted octanol–water partition coefficient (Wildman–Crippen LogP) is 12.2. The van der Waals surface area contributed by atoms with E-state index in [9.17, 15) is 0 Å². The number of aryl methyl sites for hydroxylation is 1. The number of nitrogens with zero attached hydrogens (tertiary/aromatic N) is 3. The molecule has 0 aliphatic heterocycles. The lowest BCUT2D eigenvalue weighted by Gasteiger charge is -2.14. The summed E-state index contributed by atoms with van der Waals surface area (Å²) in [5.74, 6) is 0. The fraction of sp³-hybridized carbons (Fsp3) is 0.114. The van der Waals surface area contributed by atoms with Crippen LogP contribution in [0.25, 0.3) is 66.8 Å². The van der Waals surface area contributed by atoms with Crippen molar-refractivity contribution >= 4 is 0 Å². The Morgan fingerprint density at radius 2 is 0.617 bits per heavy atom. The van der Waals surface area contributed by atoms with E-state index in [-0.39, 0.29) is 0 Å². The molecule has 7 rings (SSSR count). The molecule has 0 aliphatic carbocycles. The summed E-state index contributed by atoms with van der Waals surface area (Å²) in [5.41, 5.74) is 14.9. The van der Waals surface area contributed by atoms with Crippen LogP contribution >= 0.6 is 0 Å². The molecule has 0 unspecified atom stereocenters. The molecule has 0 radical (unpaired) electrons. The maximum Gasteiger partial charge on any atom is 0.0346 e. The van der Waals surface area contributed by atoms with Crippen LogP contribution < -0.4 is 0 Å². The van der Waals surface area contributed by atoms with Gasteiger partial charge in [0.15, 0.2) is 0 Å². The Morgan fingerprint density at radius 3 is 0.979 bits per heavy atom. The van der Waals surface area contributed by atoms with Gasteiger partial charge in [-0.1, -0.05) is 94.4 Å². The van der Waals surface area contributed by atoms with E-state index in [1.807, 2.05) is 77.0 Å². The third kappa shape index (κ3) is 7.95. The van der Waals surface area contributed by atoms with Crippen molar-refractivity contribution in [2.45, 2.75) is 34.6 Å². The van der Waals surface area contributed by atoms with Crippen LogP contribution in [-0.4, -0.2) is 15.0 Å².